The van der Waals surface area contributed by atoms with Crippen LogP contribution in [0.25, 0.3) is 10.9 Å². The Morgan fingerprint density at radius 1 is 1.29 bits per heavy atom. The number of ether oxygens (including phenoxy) is 1. The van der Waals surface area contributed by atoms with E-state index in [9.17, 15) is 4.79 Å². The summed E-state index contributed by atoms with van der Waals surface area (Å²) in [6.07, 6.45) is 1.98. The fourth-order valence-corrected chi connectivity index (χ4v) is 6.49. The van der Waals surface area contributed by atoms with Crippen molar-refractivity contribution in [3.8, 4) is 0 Å². The zero-order valence-corrected chi connectivity index (χ0v) is 18.6. The monoisotopic (exact) mass is 400 g/mol. The molecular weight excluding hydrogens is 368 g/mol. The molecule has 2 aliphatic rings. The molecule has 3 heterocycles. The van der Waals surface area contributed by atoms with Crippen molar-refractivity contribution in [3.63, 3.8) is 0 Å². The highest BCUT2D eigenvalue weighted by Crippen LogP contribution is 2.45. The van der Waals surface area contributed by atoms with Gasteiger partial charge in [0.15, 0.2) is 8.32 Å². The first-order chi connectivity index (χ1) is 13.3. The third-order valence-electron chi connectivity index (χ3n) is 6.30. The number of aromatic nitrogens is 1. The first kappa shape index (κ1) is 19.7. The molecule has 5 nitrogen and oxygen atoms in total. The van der Waals surface area contributed by atoms with E-state index in [1.54, 1.807) is 0 Å². The molecule has 0 bridgehead atoms. The van der Waals surface area contributed by atoms with Gasteiger partial charge in [0.1, 0.15) is 0 Å². The van der Waals surface area contributed by atoms with Gasteiger partial charge in [0.05, 0.1) is 19.1 Å². The summed E-state index contributed by atoms with van der Waals surface area (Å²) >= 11 is 0. The average Bonchev–Trinajstić information content (AvgIpc) is 3.03. The molecule has 0 spiro atoms. The highest BCUT2D eigenvalue weighted by molar-refractivity contribution is 6.69. The maximum atomic E-state index is 12.8. The second-order valence-electron chi connectivity index (χ2n) is 9.31. The van der Waals surface area contributed by atoms with Gasteiger partial charge in [0.2, 0.25) is 0 Å². The maximum Gasteiger partial charge on any atom is 0.310 e. The number of piperidine rings is 1. The van der Waals surface area contributed by atoms with Crippen LogP contribution in [0.1, 0.15) is 30.6 Å². The second kappa shape index (κ2) is 7.32. The maximum absolute atomic E-state index is 12.8. The number of aromatic amines is 1. The van der Waals surface area contributed by atoms with E-state index in [1.807, 2.05) is 0 Å². The number of esters is 1. The lowest BCUT2D eigenvalue weighted by molar-refractivity contribution is -0.152. The Kier molecular flexibility index (Phi) is 5.14. The third kappa shape index (κ3) is 3.53. The van der Waals surface area contributed by atoms with Crippen molar-refractivity contribution in [2.24, 2.45) is 11.8 Å². The minimum absolute atomic E-state index is 0.0685. The standard InChI is InChI=1S/C22H32N2O3Si/c1-14(27-28(3,4)5)15-12-18(22(25)26-2)21-20-17(10-11-24(21)13-15)16-8-6-7-9-19(16)23-20/h6-9,14-15,18,21,23H,10-13H2,1-5H3/t14-,15-,18+,21-/m1/s1. The molecule has 152 valence electrons. The Labute approximate surface area is 168 Å². The number of benzene rings is 1. The molecule has 1 aromatic heterocycles. The SMILES string of the molecule is COC(=O)[C@H]1C[C@@H]([C@@H](C)O[Si](C)(C)C)CN2CCc3c([nH]c4ccccc34)[C@@H]12. The molecule has 0 aliphatic carbocycles. The summed E-state index contributed by atoms with van der Waals surface area (Å²) in [5, 5.41) is 1.29. The second-order valence-corrected chi connectivity index (χ2v) is 13.8. The van der Waals surface area contributed by atoms with Crippen LogP contribution in [0.2, 0.25) is 19.6 Å². The summed E-state index contributed by atoms with van der Waals surface area (Å²) < 4.78 is 11.6. The van der Waals surface area contributed by atoms with Crippen LogP contribution in [0.3, 0.4) is 0 Å². The van der Waals surface area contributed by atoms with Crippen LogP contribution in [0.4, 0.5) is 0 Å². The number of para-hydroxylation sites is 1. The number of methoxy groups -OCH3 is 1. The number of carbonyl (C=O) groups excluding carboxylic acids is 1. The number of nitrogens with one attached hydrogen (secondary N) is 1. The molecule has 0 radical (unpaired) electrons. The largest absolute Gasteiger partial charge is 0.469 e. The van der Waals surface area contributed by atoms with E-state index in [1.165, 1.54) is 23.8 Å². The van der Waals surface area contributed by atoms with Gasteiger partial charge < -0.3 is 14.1 Å². The molecule has 0 saturated carbocycles. The molecular formula is C22H32N2O3Si. The van der Waals surface area contributed by atoms with E-state index >= 15 is 0 Å². The first-order valence-electron chi connectivity index (χ1n) is 10.4. The third-order valence-corrected chi connectivity index (χ3v) is 7.38. The summed E-state index contributed by atoms with van der Waals surface area (Å²) in [4.78, 5) is 18.9. The summed E-state index contributed by atoms with van der Waals surface area (Å²) in [5.74, 6) is 0.0768. The van der Waals surface area contributed by atoms with Gasteiger partial charge in [0.25, 0.3) is 0 Å². The first-order valence-corrected chi connectivity index (χ1v) is 13.8. The Balaban J connectivity index is 1.68. The average molecular weight is 401 g/mol. The minimum Gasteiger partial charge on any atom is -0.469 e. The Morgan fingerprint density at radius 3 is 2.75 bits per heavy atom. The van der Waals surface area contributed by atoms with E-state index in [4.69, 9.17) is 9.16 Å². The van der Waals surface area contributed by atoms with Crippen molar-refractivity contribution in [1.29, 1.82) is 0 Å². The number of carbonyl (C=O) groups is 1. The molecule has 4 rings (SSSR count). The van der Waals surface area contributed by atoms with Crippen molar-refractivity contribution in [2.45, 2.75) is 51.6 Å². The Bertz CT molecular complexity index is 872. The van der Waals surface area contributed by atoms with Crippen molar-refractivity contribution in [1.82, 2.24) is 9.88 Å². The molecule has 0 unspecified atom stereocenters. The molecule has 2 aromatic rings. The van der Waals surface area contributed by atoms with E-state index < -0.39 is 8.32 Å². The van der Waals surface area contributed by atoms with Crippen LogP contribution in [-0.4, -0.2) is 50.5 Å². The summed E-state index contributed by atoms with van der Waals surface area (Å²) in [6.45, 7) is 10.8. The number of hydrogen-bond donors (Lipinski definition) is 1. The zero-order valence-electron chi connectivity index (χ0n) is 17.6. The van der Waals surface area contributed by atoms with Crippen molar-refractivity contribution in [2.75, 3.05) is 20.2 Å². The molecule has 28 heavy (non-hydrogen) atoms. The molecule has 2 aliphatic heterocycles. The molecule has 1 saturated heterocycles. The lowest BCUT2D eigenvalue weighted by Crippen LogP contribution is -2.52. The normalized spacial score (nSPS) is 26.5. The summed E-state index contributed by atoms with van der Waals surface area (Å²) in [6, 6.07) is 8.53. The van der Waals surface area contributed by atoms with Gasteiger partial charge >= 0.3 is 5.97 Å². The molecule has 1 fully saturated rings. The van der Waals surface area contributed by atoms with Gasteiger partial charge in [-0.25, -0.2) is 0 Å². The van der Waals surface area contributed by atoms with Gasteiger partial charge in [0, 0.05) is 35.8 Å². The molecule has 6 heteroatoms. The van der Waals surface area contributed by atoms with E-state index in [-0.39, 0.29) is 24.0 Å². The number of hydrogen-bond acceptors (Lipinski definition) is 4. The zero-order chi connectivity index (χ0) is 20.1. The fraction of sp³-hybridized carbons (Fsp3) is 0.591. The molecule has 1 N–H and O–H groups in total. The topological polar surface area (TPSA) is 54.6 Å². The predicted octanol–water partition coefficient (Wildman–Crippen LogP) is 4.12. The van der Waals surface area contributed by atoms with Gasteiger partial charge in [-0.1, -0.05) is 18.2 Å². The van der Waals surface area contributed by atoms with E-state index in [0.29, 0.717) is 5.92 Å². The van der Waals surface area contributed by atoms with Crippen LogP contribution >= 0.6 is 0 Å². The van der Waals surface area contributed by atoms with Gasteiger partial charge in [-0.05, 0) is 57.0 Å². The predicted molar refractivity (Wildman–Crippen MR) is 114 cm³/mol. The molecule has 0 amide bonds. The van der Waals surface area contributed by atoms with Crippen LogP contribution in [0.15, 0.2) is 24.3 Å². The lowest BCUT2D eigenvalue weighted by atomic mass is 9.77. The highest BCUT2D eigenvalue weighted by atomic mass is 28.4. The molecule has 4 atom stereocenters. The van der Waals surface area contributed by atoms with Crippen LogP contribution < -0.4 is 0 Å². The summed E-state index contributed by atoms with van der Waals surface area (Å²) in [7, 11) is -0.119. The highest BCUT2D eigenvalue weighted by Gasteiger charge is 2.46. The smallest absolute Gasteiger partial charge is 0.310 e. The van der Waals surface area contributed by atoms with Gasteiger partial charge in [-0.3, -0.25) is 9.69 Å². The van der Waals surface area contributed by atoms with Crippen LogP contribution in [0, 0.1) is 11.8 Å². The fourth-order valence-electron chi connectivity index (χ4n) is 5.18. The van der Waals surface area contributed by atoms with E-state index in [0.717, 1.165) is 31.4 Å². The number of rotatable bonds is 4. The lowest BCUT2D eigenvalue weighted by Gasteiger charge is -2.47. The Morgan fingerprint density at radius 2 is 2.04 bits per heavy atom. The van der Waals surface area contributed by atoms with Crippen LogP contribution in [0.5, 0.6) is 0 Å². The minimum atomic E-state index is -1.63. The van der Waals surface area contributed by atoms with Gasteiger partial charge in [-0.15, -0.1) is 0 Å². The quantitative estimate of drug-likeness (QED) is 0.620. The van der Waals surface area contributed by atoms with Crippen molar-refractivity contribution >= 4 is 25.2 Å². The number of fused-ring (bicyclic) bond motifs is 5. The Hall–Kier alpha value is -1.63. The van der Waals surface area contributed by atoms with E-state index in [2.05, 4.69) is 60.7 Å². The summed E-state index contributed by atoms with van der Waals surface area (Å²) in [5.41, 5.74) is 3.74. The van der Waals surface area contributed by atoms with Crippen LogP contribution in [-0.2, 0) is 20.4 Å². The number of nitrogens with zero attached hydrogens (tertiary/aromatic N) is 1. The van der Waals surface area contributed by atoms with Crippen molar-refractivity contribution in [3.05, 3.63) is 35.5 Å². The molecule has 1 aromatic carbocycles. The van der Waals surface area contributed by atoms with Crippen molar-refractivity contribution < 1.29 is 14.0 Å². The number of H-pyrrole nitrogens is 1. The van der Waals surface area contributed by atoms with Gasteiger partial charge in [-0.2, -0.15) is 0 Å².